The number of hydrogen-bond acceptors (Lipinski definition) is 3. The lowest BCUT2D eigenvalue weighted by atomic mass is 9.98. The lowest BCUT2D eigenvalue weighted by Gasteiger charge is -2.22. The first-order valence-corrected chi connectivity index (χ1v) is 7.46. The van der Waals surface area contributed by atoms with Gasteiger partial charge in [0.05, 0.1) is 18.3 Å². The molecule has 0 aliphatic rings. The van der Waals surface area contributed by atoms with Crippen molar-refractivity contribution in [3.8, 4) is 0 Å². The Labute approximate surface area is 123 Å². The Morgan fingerprint density at radius 2 is 1.85 bits per heavy atom. The molecule has 2 atom stereocenters. The molecule has 0 fully saturated rings. The van der Waals surface area contributed by atoms with Gasteiger partial charge in [-0.15, -0.1) is 0 Å². The maximum absolute atomic E-state index is 9.81. The zero-order chi connectivity index (χ0) is 15.0. The van der Waals surface area contributed by atoms with Crippen molar-refractivity contribution in [2.75, 3.05) is 19.7 Å². The molecule has 0 aliphatic carbocycles. The molecule has 0 aromatic heterocycles. The van der Waals surface area contributed by atoms with Gasteiger partial charge in [0.2, 0.25) is 0 Å². The SMILES string of the molecule is CC(CCNCC(O)COC(C)(C)C)c1ccccc1. The highest BCUT2D eigenvalue weighted by Gasteiger charge is 2.13. The van der Waals surface area contributed by atoms with Gasteiger partial charge < -0.3 is 15.2 Å². The Balaban J connectivity index is 2.12. The van der Waals surface area contributed by atoms with Crippen molar-refractivity contribution in [2.24, 2.45) is 0 Å². The van der Waals surface area contributed by atoms with Crippen molar-refractivity contribution in [3.05, 3.63) is 35.9 Å². The molecule has 1 rings (SSSR count). The van der Waals surface area contributed by atoms with E-state index in [1.54, 1.807) is 0 Å². The second kappa shape index (κ2) is 8.40. The van der Waals surface area contributed by atoms with E-state index < -0.39 is 6.10 Å². The summed E-state index contributed by atoms with van der Waals surface area (Å²) in [4.78, 5) is 0. The fourth-order valence-corrected chi connectivity index (χ4v) is 1.94. The third-order valence-electron chi connectivity index (χ3n) is 3.21. The highest BCUT2D eigenvalue weighted by Crippen LogP contribution is 2.17. The topological polar surface area (TPSA) is 41.5 Å². The molecule has 0 radical (unpaired) electrons. The molecule has 3 nitrogen and oxygen atoms in total. The number of benzene rings is 1. The summed E-state index contributed by atoms with van der Waals surface area (Å²) >= 11 is 0. The molecule has 1 aromatic rings. The normalized spacial score (nSPS) is 15.1. The van der Waals surface area contributed by atoms with E-state index in [1.165, 1.54) is 5.56 Å². The van der Waals surface area contributed by atoms with Crippen LogP contribution in [-0.2, 0) is 4.74 Å². The van der Waals surface area contributed by atoms with Gasteiger partial charge in [0.15, 0.2) is 0 Å². The summed E-state index contributed by atoms with van der Waals surface area (Å²) in [5, 5.41) is 13.1. The van der Waals surface area contributed by atoms with Gasteiger partial charge in [-0.1, -0.05) is 37.3 Å². The number of aliphatic hydroxyl groups is 1. The van der Waals surface area contributed by atoms with E-state index in [-0.39, 0.29) is 5.60 Å². The van der Waals surface area contributed by atoms with Crippen LogP contribution < -0.4 is 5.32 Å². The number of hydrogen-bond donors (Lipinski definition) is 2. The standard InChI is InChI=1S/C17H29NO2/c1-14(15-8-6-5-7-9-15)10-11-18-12-16(19)13-20-17(2,3)4/h5-9,14,16,18-19H,10-13H2,1-4H3. The van der Waals surface area contributed by atoms with Crippen LogP contribution in [0.5, 0.6) is 0 Å². The molecule has 0 amide bonds. The van der Waals surface area contributed by atoms with Gasteiger partial charge in [-0.05, 0) is 45.2 Å². The summed E-state index contributed by atoms with van der Waals surface area (Å²) in [5.74, 6) is 0.534. The first kappa shape index (κ1) is 17.2. The van der Waals surface area contributed by atoms with Crippen LogP contribution in [0.1, 0.15) is 45.6 Å². The zero-order valence-corrected chi connectivity index (χ0v) is 13.2. The van der Waals surface area contributed by atoms with Crippen LogP contribution in [-0.4, -0.2) is 36.5 Å². The van der Waals surface area contributed by atoms with Crippen LogP contribution in [0.4, 0.5) is 0 Å². The Kier molecular flexibility index (Phi) is 7.20. The van der Waals surface area contributed by atoms with E-state index in [9.17, 15) is 5.11 Å². The molecule has 2 N–H and O–H groups in total. The number of ether oxygens (including phenoxy) is 1. The summed E-state index contributed by atoms with van der Waals surface area (Å²) in [6, 6.07) is 10.5. The average Bonchev–Trinajstić information content (AvgIpc) is 2.41. The van der Waals surface area contributed by atoms with E-state index in [4.69, 9.17) is 4.74 Å². The van der Waals surface area contributed by atoms with Crippen molar-refractivity contribution in [2.45, 2.75) is 51.7 Å². The molecule has 0 aliphatic heterocycles. The molecule has 3 heteroatoms. The van der Waals surface area contributed by atoms with Crippen molar-refractivity contribution in [1.82, 2.24) is 5.32 Å². The van der Waals surface area contributed by atoms with E-state index in [2.05, 4.69) is 36.5 Å². The minimum Gasteiger partial charge on any atom is -0.389 e. The van der Waals surface area contributed by atoms with Crippen LogP contribution in [0.15, 0.2) is 30.3 Å². The van der Waals surface area contributed by atoms with E-state index in [0.717, 1.165) is 13.0 Å². The Hall–Kier alpha value is -0.900. The maximum Gasteiger partial charge on any atom is 0.0897 e. The van der Waals surface area contributed by atoms with Crippen molar-refractivity contribution < 1.29 is 9.84 Å². The highest BCUT2D eigenvalue weighted by atomic mass is 16.5. The highest BCUT2D eigenvalue weighted by molar-refractivity contribution is 5.18. The van der Waals surface area contributed by atoms with Crippen LogP contribution in [0, 0.1) is 0 Å². The molecule has 0 saturated carbocycles. The van der Waals surface area contributed by atoms with E-state index in [1.807, 2.05) is 26.8 Å². The van der Waals surface area contributed by atoms with Crippen molar-refractivity contribution >= 4 is 0 Å². The molecule has 20 heavy (non-hydrogen) atoms. The van der Waals surface area contributed by atoms with Crippen LogP contribution >= 0.6 is 0 Å². The van der Waals surface area contributed by atoms with Crippen LogP contribution in [0.2, 0.25) is 0 Å². The van der Waals surface area contributed by atoms with Gasteiger partial charge in [-0.2, -0.15) is 0 Å². The smallest absolute Gasteiger partial charge is 0.0897 e. The average molecular weight is 279 g/mol. The lowest BCUT2D eigenvalue weighted by molar-refractivity contribution is -0.0478. The molecule has 114 valence electrons. The van der Waals surface area contributed by atoms with Crippen molar-refractivity contribution in [3.63, 3.8) is 0 Å². The Morgan fingerprint density at radius 1 is 1.20 bits per heavy atom. The fourth-order valence-electron chi connectivity index (χ4n) is 1.94. The van der Waals surface area contributed by atoms with E-state index in [0.29, 0.717) is 19.1 Å². The predicted octanol–water partition coefficient (Wildman–Crippen LogP) is 2.95. The second-order valence-electron chi connectivity index (χ2n) is 6.38. The summed E-state index contributed by atoms with van der Waals surface area (Å²) in [6.45, 7) is 10.1. The van der Waals surface area contributed by atoms with Crippen LogP contribution in [0.3, 0.4) is 0 Å². The predicted molar refractivity (Wildman–Crippen MR) is 84.1 cm³/mol. The van der Waals surface area contributed by atoms with Crippen LogP contribution in [0.25, 0.3) is 0 Å². The number of rotatable bonds is 8. The van der Waals surface area contributed by atoms with E-state index >= 15 is 0 Å². The molecule has 2 unspecified atom stereocenters. The molecular formula is C17H29NO2. The second-order valence-corrected chi connectivity index (χ2v) is 6.38. The largest absolute Gasteiger partial charge is 0.389 e. The Morgan fingerprint density at radius 3 is 2.45 bits per heavy atom. The molecule has 0 saturated heterocycles. The quantitative estimate of drug-likeness (QED) is 0.719. The Bertz CT molecular complexity index is 359. The van der Waals surface area contributed by atoms with Gasteiger partial charge in [0.25, 0.3) is 0 Å². The molecule has 0 bridgehead atoms. The van der Waals surface area contributed by atoms with Gasteiger partial charge in [-0.25, -0.2) is 0 Å². The fraction of sp³-hybridized carbons (Fsp3) is 0.647. The van der Waals surface area contributed by atoms with Gasteiger partial charge >= 0.3 is 0 Å². The molecule has 0 heterocycles. The number of nitrogens with one attached hydrogen (secondary N) is 1. The monoisotopic (exact) mass is 279 g/mol. The lowest BCUT2D eigenvalue weighted by Crippen LogP contribution is -2.34. The van der Waals surface area contributed by atoms with Gasteiger partial charge in [-0.3, -0.25) is 0 Å². The molecule has 0 spiro atoms. The summed E-state index contributed by atoms with van der Waals surface area (Å²) in [6.07, 6.45) is 0.623. The minimum absolute atomic E-state index is 0.192. The molecule has 1 aromatic carbocycles. The zero-order valence-electron chi connectivity index (χ0n) is 13.2. The first-order chi connectivity index (χ1) is 9.38. The summed E-state index contributed by atoms with van der Waals surface area (Å²) < 4.78 is 5.55. The van der Waals surface area contributed by atoms with Crippen molar-refractivity contribution in [1.29, 1.82) is 0 Å². The van der Waals surface area contributed by atoms with Gasteiger partial charge in [0, 0.05) is 6.54 Å². The molecular weight excluding hydrogens is 250 g/mol. The summed E-state index contributed by atoms with van der Waals surface area (Å²) in [7, 11) is 0. The first-order valence-electron chi connectivity index (χ1n) is 7.46. The third-order valence-corrected chi connectivity index (χ3v) is 3.21. The minimum atomic E-state index is -0.443. The maximum atomic E-state index is 9.81. The number of aliphatic hydroxyl groups excluding tert-OH is 1. The third kappa shape index (κ3) is 7.63. The van der Waals surface area contributed by atoms with Gasteiger partial charge in [0.1, 0.15) is 0 Å². The summed E-state index contributed by atoms with van der Waals surface area (Å²) in [5.41, 5.74) is 1.17.